The third-order valence-corrected chi connectivity index (χ3v) is 4.17. The van der Waals surface area contributed by atoms with Crippen LogP contribution in [0.15, 0.2) is 30.3 Å². The lowest BCUT2D eigenvalue weighted by Crippen LogP contribution is -2.45. The molecule has 1 N–H and O–H groups in total. The molecular formula is C18H26N2O3. The van der Waals surface area contributed by atoms with Crippen molar-refractivity contribution in [3.05, 3.63) is 35.9 Å². The lowest BCUT2D eigenvalue weighted by Gasteiger charge is -2.31. The summed E-state index contributed by atoms with van der Waals surface area (Å²) in [7, 11) is 0. The molecule has 1 aromatic carbocycles. The van der Waals surface area contributed by atoms with Crippen LogP contribution >= 0.6 is 0 Å². The smallest absolute Gasteiger partial charge is 0.310 e. The van der Waals surface area contributed by atoms with Crippen LogP contribution < -0.4 is 5.32 Å². The van der Waals surface area contributed by atoms with Crippen LogP contribution in [0.3, 0.4) is 0 Å². The number of ether oxygens (including phenoxy) is 1. The van der Waals surface area contributed by atoms with Crippen LogP contribution in [0.25, 0.3) is 0 Å². The maximum atomic E-state index is 12.2. The van der Waals surface area contributed by atoms with Crippen LogP contribution in [-0.2, 0) is 14.3 Å². The number of esters is 1. The fraction of sp³-hybridized carbons (Fsp3) is 0.556. The Labute approximate surface area is 138 Å². The van der Waals surface area contributed by atoms with Crippen LogP contribution in [0.1, 0.15) is 38.3 Å². The van der Waals surface area contributed by atoms with E-state index in [9.17, 15) is 9.59 Å². The van der Waals surface area contributed by atoms with E-state index in [1.165, 1.54) is 0 Å². The molecule has 1 fully saturated rings. The van der Waals surface area contributed by atoms with E-state index in [1.807, 2.05) is 49.1 Å². The fourth-order valence-corrected chi connectivity index (χ4v) is 2.97. The van der Waals surface area contributed by atoms with Crippen LogP contribution in [0.2, 0.25) is 0 Å². The molecule has 5 heteroatoms. The number of hydrogen-bond acceptors (Lipinski definition) is 4. The number of amides is 1. The normalized spacial score (nSPS) is 19.8. The summed E-state index contributed by atoms with van der Waals surface area (Å²) < 4.78 is 5.09. The SMILES string of the molecule is CCOC(=O)C1CCCN(CC(=O)NC(C)c2ccccc2)C1. The zero-order valence-electron chi connectivity index (χ0n) is 14.0. The van der Waals surface area contributed by atoms with Gasteiger partial charge in [-0.1, -0.05) is 30.3 Å². The Morgan fingerprint density at radius 2 is 2.09 bits per heavy atom. The predicted octanol–water partition coefficient (Wildman–Crippen LogP) is 2.14. The Morgan fingerprint density at radius 3 is 2.78 bits per heavy atom. The van der Waals surface area contributed by atoms with Gasteiger partial charge in [-0.3, -0.25) is 14.5 Å². The van der Waals surface area contributed by atoms with Crippen molar-refractivity contribution in [1.82, 2.24) is 10.2 Å². The molecule has 2 rings (SSSR count). The molecule has 1 heterocycles. The molecular weight excluding hydrogens is 292 g/mol. The molecule has 0 aliphatic carbocycles. The predicted molar refractivity (Wildman–Crippen MR) is 88.8 cm³/mol. The van der Waals surface area contributed by atoms with Gasteiger partial charge in [-0.05, 0) is 38.8 Å². The minimum absolute atomic E-state index is 0.00846. The number of likely N-dealkylation sites (tertiary alicyclic amines) is 1. The number of nitrogens with one attached hydrogen (secondary N) is 1. The first-order valence-electron chi connectivity index (χ1n) is 8.33. The van der Waals surface area contributed by atoms with E-state index in [4.69, 9.17) is 4.74 Å². The van der Waals surface area contributed by atoms with Crippen molar-refractivity contribution < 1.29 is 14.3 Å². The lowest BCUT2D eigenvalue weighted by atomic mass is 9.98. The first kappa shape index (κ1) is 17.5. The van der Waals surface area contributed by atoms with Crippen LogP contribution in [0.5, 0.6) is 0 Å². The highest BCUT2D eigenvalue weighted by atomic mass is 16.5. The number of nitrogens with zero attached hydrogens (tertiary/aromatic N) is 1. The standard InChI is InChI=1S/C18H26N2O3/c1-3-23-18(22)16-10-7-11-20(12-16)13-17(21)19-14(2)15-8-5-4-6-9-15/h4-6,8-9,14,16H,3,7,10-13H2,1-2H3,(H,19,21). The molecule has 1 aromatic rings. The Balaban J connectivity index is 1.81. The molecule has 2 atom stereocenters. The summed E-state index contributed by atoms with van der Waals surface area (Å²) in [6.07, 6.45) is 1.77. The number of hydrogen-bond donors (Lipinski definition) is 1. The minimum Gasteiger partial charge on any atom is -0.466 e. The summed E-state index contributed by atoms with van der Waals surface area (Å²) in [5.41, 5.74) is 1.09. The van der Waals surface area contributed by atoms with Crippen molar-refractivity contribution in [3.8, 4) is 0 Å². The summed E-state index contributed by atoms with van der Waals surface area (Å²) >= 11 is 0. The summed E-state index contributed by atoms with van der Waals surface area (Å²) in [6, 6.07) is 9.88. The van der Waals surface area contributed by atoms with E-state index >= 15 is 0 Å². The van der Waals surface area contributed by atoms with Crippen LogP contribution in [0, 0.1) is 5.92 Å². The van der Waals surface area contributed by atoms with Crippen molar-refractivity contribution in [3.63, 3.8) is 0 Å². The van der Waals surface area contributed by atoms with Gasteiger partial charge in [0.05, 0.1) is 25.1 Å². The van der Waals surface area contributed by atoms with Gasteiger partial charge in [-0.25, -0.2) is 0 Å². The number of rotatable bonds is 6. The van der Waals surface area contributed by atoms with Gasteiger partial charge in [0.1, 0.15) is 0 Å². The van der Waals surface area contributed by atoms with Gasteiger partial charge >= 0.3 is 5.97 Å². The third-order valence-electron chi connectivity index (χ3n) is 4.17. The highest BCUT2D eigenvalue weighted by Gasteiger charge is 2.27. The first-order chi connectivity index (χ1) is 11.1. The van der Waals surface area contributed by atoms with Crippen LogP contribution in [-0.4, -0.2) is 43.0 Å². The fourth-order valence-electron chi connectivity index (χ4n) is 2.97. The summed E-state index contributed by atoms with van der Waals surface area (Å²) in [5, 5.41) is 3.02. The number of carbonyl (C=O) groups is 2. The lowest BCUT2D eigenvalue weighted by molar-refractivity contribution is -0.150. The van der Waals surface area contributed by atoms with Gasteiger partial charge in [-0.15, -0.1) is 0 Å². The van der Waals surface area contributed by atoms with Gasteiger partial charge in [0, 0.05) is 6.54 Å². The Morgan fingerprint density at radius 1 is 1.35 bits per heavy atom. The Bertz CT molecular complexity index is 518. The zero-order valence-corrected chi connectivity index (χ0v) is 14.0. The first-order valence-corrected chi connectivity index (χ1v) is 8.33. The molecule has 0 radical (unpaired) electrons. The van der Waals surface area contributed by atoms with E-state index in [0.29, 0.717) is 19.7 Å². The topological polar surface area (TPSA) is 58.6 Å². The maximum Gasteiger partial charge on any atom is 0.310 e. The molecule has 126 valence electrons. The van der Waals surface area contributed by atoms with E-state index in [1.54, 1.807) is 0 Å². The van der Waals surface area contributed by atoms with E-state index < -0.39 is 0 Å². The molecule has 1 amide bonds. The molecule has 0 aromatic heterocycles. The Kier molecular flexibility index (Phi) is 6.59. The van der Waals surface area contributed by atoms with Crippen molar-refractivity contribution in [2.45, 2.75) is 32.7 Å². The molecule has 1 saturated heterocycles. The van der Waals surface area contributed by atoms with Gasteiger partial charge in [0.2, 0.25) is 5.91 Å². The van der Waals surface area contributed by atoms with Crippen molar-refractivity contribution in [2.75, 3.05) is 26.2 Å². The third kappa shape index (κ3) is 5.36. The second-order valence-corrected chi connectivity index (χ2v) is 6.03. The summed E-state index contributed by atoms with van der Waals surface area (Å²) in [4.78, 5) is 26.1. The molecule has 1 aliphatic rings. The molecule has 5 nitrogen and oxygen atoms in total. The molecule has 2 unspecified atom stereocenters. The van der Waals surface area contributed by atoms with Crippen molar-refractivity contribution in [1.29, 1.82) is 0 Å². The highest BCUT2D eigenvalue weighted by Crippen LogP contribution is 2.18. The summed E-state index contributed by atoms with van der Waals surface area (Å²) in [5.74, 6) is -0.260. The second-order valence-electron chi connectivity index (χ2n) is 6.03. The van der Waals surface area contributed by atoms with E-state index in [2.05, 4.69) is 5.32 Å². The molecule has 0 bridgehead atoms. The van der Waals surface area contributed by atoms with Crippen LogP contribution in [0.4, 0.5) is 0 Å². The monoisotopic (exact) mass is 318 g/mol. The average Bonchev–Trinajstić information content (AvgIpc) is 2.56. The molecule has 1 aliphatic heterocycles. The van der Waals surface area contributed by atoms with Crippen molar-refractivity contribution in [2.24, 2.45) is 5.92 Å². The number of carbonyl (C=O) groups excluding carboxylic acids is 2. The van der Waals surface area contributed by atoms with E-state index in [0.717, 1.165) is 24.9 Å². The minimum atomic E-state index is -0.143. The Hall–Kier alpha value is -1.88. The number of piperidine rings is 1. The molecule has 0 spiro atoms. The van der Waals surface area contributed by atoms with E-state index in [-0.39, 0.29) is 23.8 Å². The van der Waals surface area contributed by atoms with Crippen molar-refractivity contribution >= 4 is 11.9 Å². The zero-order chi connectivity index (χ0) is 16.7. The largest absolute Gasteiger partial charge is 0.466 e. The number of benzene rings is 1. The molecule has 0 saturated carbocycles. The van der Waals surface area contributed by atoms with Gasteiger partial charge < -0.3 is 10.1 Å². The average molecular weight is 318 g/mol. The second kappa shape index (κ2) is 8.67. The van der Waals surface area contributed by atoms with Gasteiger partial charge in [-0.2, -0.15) is 0 Å². The van der Waals surface area contributed by atoms with Gasteiger partial charge in [0.15, 0.2) is 0 Å². The molecule has 23 heavy (non-hydrogen) atoms. The summed E-state index contributed by atoms with van der Waals surface area (Å²) in [6.45, 7) is 5.98. The van der Waals surface area contributed by atoms with Gasteiger partial charge in [0.25, 0.3) is 0 Å². The highest BCUT2D eigenvalue weighted by molar-refractivity contribution is 5.78. The quantitative estimate of drug-likeness (QED) is 0.817. The maximum absolute atomic E-state index is 12.2.